The molecule has 104 valence electrons. The van der Waals surface area contributed by atoms with Gasteiger partial charge in [-0.2, -0.15) is 0 Å². The Hall–Kier alpha value is -2.24. The Kier molecular flexibility index (Phi) is 4.74. The number of benzene rings is 1. The Morgan fingerprint density at radius 3 is 2.53 bits per heavy atom. The minimum atomic E-state index is -1.22. The van der Waals surface area contributed by atoms with E-state index in [1.54, 1.807) is 11.9 Å². The molecule has 0 radical (unpaired) electrons. The molecule has 3 N–H and O–H groups in total. The van der Waals surface area contributed by atoms with Crippen LogP contribution in [0.5, 0.6) is 5.75 Å². The Morgan fingerprint density at radius 2 is 2.05 bits per heavy atom. The molecule has 0 bridgehead atoms. The number of hydrogen-bond donors (Lipinski definition) is 3. The van der Waals surface area contributed by atoms with Gasteiger partial charge in [0, 0.05) is 24.8 Å². The van der Waals surface area contributed by atoms with Crippen LogP contribution in [0.2, 0.25) is 0 Å². The first-order valence-corrected chi connectivity index (χ1v) is 5.97. The zero-order chi connectivity index (χ0) is 14.6. The standard InChI is InChI=1S/C13H18N2O4/c1-4-8(2)15(3)13(19)14-9-5-6-10(12(17)18)11(16)7-9/h5-8,16H,4H2,1-3H3,(H,14,19)(H,17,18). The number of aromatic carboxylic acids is 1. The summed E-state index contributed by atoms with van der Waals surface area (Å²) in [6, 6.07) is 3.68. The third-order valence-electron chi connectivity index (χ3n) is 3.05. The van der Waals surface area contributed by atoms with Gasteiger partial charge >= 0.3 is 12.0 Å². The lowest BCUT2D eigenvalue weighted by molar-refractivity contribution is 0.0694. The number of carbonyl (C=O) groups is 2. The van der Waals surface area contributed by atoms with Gasteiger partial charge in [0.05, 0.1) is 0 Å². The number of amides is 2. The number of hydrogen-bond acceptors (Lipinski definition) is 3. The first-order chi connectivity index (χ1) is 8.86. The fraction of sp³-hybridized carbons (Fsp3) is 0.385. The van der Waals surface area contributed by atoms with E-state index in [9.17, 15) is 14.7 Å². The van der Waals surface area contributed by atoms with Crippen molar-refractivity contribution in [3.8, 4) is 5.75 Å². The SMILES string of the molecule is CCC(C)N(C)C(=O)Nc1ccc(C(=O)O)c(O)c1. The zero-order valence-electron chi connectivity index (χ0n) is 11.2. The molecule has 19 heavy (non-hydrogen) atoms. The van der Waals surface area contributed by atoms with Crippen molar-refractivity contribution in [2.45, 2.75) is 26.3 Å². The third-order valence-corrected chi connectivity index (χ3v) is 3.05. The molecule has 6 heteroatoms. The van der Waals surface area contributed by atoms with Crippen LogP contribution in [-0.2, 0) is 0 Å². The van der Waals surface area contributed by atoms with E-state index in [0.717, 1.165) is 6.42 Å². The summed E-state index contributed by atoms with van der Waals surface area (Å²) in [5, 5.41) is 20.9. The number of carboxylic acids is 1. The molecule has 0 aliphatic heterocycles. The first kappa shape index (κ1) is 14.8. The Morgan fingerprint density at radius 1 is 1.42 bits per heavy atom. The fourth-order valence-electron chi connectivity index (χ4n) is 1.48. The van der Waals surface area contributed by atoms with Crippen LogP contribution in [0.3, 0.4) is 0 Å². The van der Waals surface area contributed by atoms with E-state index < -0.39 is 5.97 Å². The van der Waals surface area contributed by atoms with Crippen LogP contribution in [0.25, 0.3) is 0 Å². The zero-order valence-corrected chi connectivity index (χ0v) is 11.2. The number of nitrogens with one attached hydrogen (secondary N) is 1. The lowest BCUT2D eigenvalue weighted by Crippen LogP contribution is -2.37. The molecule has 6 nitrogen and oxygen atoms in total. The second-order valence-electron chi connectivity index (χ2n) is 4.34. The Labute approximate surface area is 111 Å². The highest BCUT2D eigenvalue weighted by molar-refractivity contribution is 5.93. The normalized spacial score (nSPS) is 11.7. The maximum Gasteiger partial charge on any atom is 0.339 e. The molecule has 1 rings (SSSR count). The second-order valence-corrected chi connectivity index (χ2v) is 4.34. The smallest absolute Gasteiger partial charge is 0.339 e. The molecule has 0 aliphatic carbocycles. The number of carboxylic acid groups (broad SMARTS) is 1. The van der Waals surface area contributed by atoms with Crippen molar-refractivity contribution in [1.29, 1.82) is 0 Å². The molecule has 0 aliphatic rings. The highest BCUT2D eigenvalue weighted by atomic mass is 16.4. The van der Waals surface area contributed by atoms with Crippen molar-refractivity contribution in [2.75, 3.05) is 12.4 Å². The molecule has 1 unspecified atom stereocenters. The van der Waals surface area contributed by atoms with Crippen LogP contribution in [-0.4, -0.2) is 40.2 Å². The fourth-order valence-corrected chi connectivity index (χ4v) is 1.48. The van der Waals surface area contributed by atoms with E-state index in [0.29, 0.717) is 5.69 Å². The Bertz CT molecular complexity index is 488. The molecule has 0 saturated carbocycles. The predicted octanol–water partition coefficient (Wildman–Crippen LogP) is 2.35. The largest absolute Gasteiger partial charge is 0.507 e. The van der Waals surface area contributed by atoms with Gasteiger partial charge in [0.15, 0.2) is 0 Å². The molecule has 0 heterocycles. The van der Waals surface area contributed by atoms with Crippen molar-refractivity contribution in [3.05, 3.63) is 23.8 Å². The van der Waals surface area contributed by atoms with E-state index in [2.05, 4.69) is 5.32 Å². The number of urea groups is 1. The van der Waals surface area contributed by atoms with Crippen molar-refractivity contribution >= 4 is 17.7 Å². The number of carbonyl (C=O) groups excluding carboxylic acids is 1. The summed E-state index contributed by atoms with van der Waals surface area (Å²) in [5.74, 6) is -1.59. The van der Waals surface area contributed by atoms with Crippen molar-refractivity contribution in [1.82, 2.24) is 4.90 Å². The molecule has 0 spiro atoms. The topological polar surface area (TPSA) is 89.9 Å². The maximum atomic E-state index is 11.9. The molecule has 0 aromatic heterocycles. The van der Waals surface area contributed by atoms with Gasteiger partial charge in [-0.1, -0.05) is 6.92 Å². The molecule has 0 saturated heterocycles. The monoisotopic (exact) mass is 266 g/mol. The van der Waals surface area contributed by atoms with E-state index in [1.807, 2.05) is 13.8 Å². The van der Waals surface area contributed by atoms with E-state index in [-0.39, 0.29) is 23.4 Å². The number of aromatic hydroxyl groups is 1. The Balaban J connectivity index is 2.81. The van der Waals surface area contributed by atoms with Gasteiger partial charge in [0.25, 0.3) is 0 Å². The van der Waals surface area contributed by atoms with E-state index in [4.69, 9.17) is 5.11 Å². The summed E-state index contributed by atoms with van der Waals surface area (Å²) in [6.45, 7) is 3.90. The van der Waals surface area contributed by atoms with Crippen LogP contribution < -0.4 is 5.32 Å². The number of rotatable bonds is 4. The van der Waals surface area contributed by atoms with Gasteiger partial charge in [-0.25, -0.2) is 9.59 Å². The average Bonchev–Trinajstić information content (AvgIpc) is 2.36. The van der Waals surface area contributed by atoms with Gasteiger partial charge < -0.3 is 20.4 Å². The first-order valence-electron chi connectivity index (χ1n) is 5.97. The lowest BCUT2D eigenvalue weighted by Gasteiger charge is -2.24. The van der Waals surface area contributed by atoms with E-state index >= 15 is 0 Å². The summed E-state index contributed by atoms with van der Waals surface area (Å²) in [6.07, 6.45) is 0.827. The van der Waals surface area contributed by atoms with Crippen molar-refractivity contribution in [3.63, 3.8) is 0 Å². The van der Waals surface area contributed by atoms with Gasteiger partial charge in [-0.15, -0.1) is 0 Å². The number of nitrogens with zero attached hydrogens (tertiary/aromatic N) is 1. The summed E-state index contributed by atoms with van der Waals surface area (Å²) < 4.78 is 0. The van der Waals surface area contributed by atoms with Gasteiger partial charge in [-0.3, -0.25) is 0 Å². The summed E-state index contributed by atoms with van der Waals surface area (Å²) in [4.78, 5) is 24.1. The maximum absolute atomic E-state index is 11.9. The van der Waals surface area contributed by atoms with Crippen molar-refractivity contribution < 1.29 is 19.8 Å². The average molecular weight is 266 g/mol. The van der Waals surface area contributed by atoms with Crippen LogP contribution in [0.1, 0.15) is 30.6 Å². The molecule has 1 aromatic carbocycles. The molecule has 1 atom stereocenters. The third kappa shape index (κ3) is 3.61. The molecular formula is C13H18N2O4. The van der Waals surface area contributed by atoms with Crippen LogP contribution >= 0.6 is 0 Å². The van der Waals surface area contributed by atoms with Gasteiger partial charge in [0.1, 0.15) is 11.3 Å². The quantitative estimate of drug-likeness (QED) is 0.780. The minimum absolute atomic E-state index is 0.0897. The molecule has 2 amide bonds. The van der Waals surface area contributed by atoms with Crippen LogP contribution in [0.15, 0.2) is 18.2 Å². The van der Waals surface area contributed by atoms with Gasteiger partial charge in [0.2, 0.25) is 0 Å². The summed E-state index contributed by atoms with van der Waals surface area (Å²) in [7, 11) is 1.68. The number of phenols is 1. The van der Waals surface area contributed by atoms with E-state index in [1.165, 1.54) is 18.2 Å². The van der Waals surface area contributed by atoms with Crippen LogP contribution in [0, 0.1) is 0 Å². The minimum Gasteiger partial charge on any atom is -0.507 e. The highest BCUT2D eigenvalue weighted by Gasteiger charge is 2.15. The molecule has 0 fully saturated rings. The second kappa shape index (κ2) is 6.08. The van der Waals surface area contributed by atoms with Crippen molar-refractivity contribution in [2.24, 2.45) is 0 Å². The predicted molar refractivity (Wildman–Crippen MR) is 71.6 cm³/mol. The lowest BCUT2D eigenvalue weighted by atomic mass is 10.2. The summed E-state index contributed by atoms with van der Waals surface area (Å²) >= 11 is 0. The molecule has 1 aromatic rings. The summed E-state index contributed by atoms with van der Waals surface area (Å²) in [5.41, 5.74) is 0.149. The number of anilines is 1. The molecular weight excluding hydrogens is 248 g/mol. The van der Waals surface area contributed by atoms with Crippen LogP contribution in [0.4, 0.5) is 10.5 Å². The highest BCUT2D eigenvalue weighted by Crippen LogP contribution is 2.22. The van der Waals surface area contributed by atoms with Gasteiger partial charge in [-0.05, 0) is 25.5 Å².